The summed E-state index contributed by atoms with van der Waals surface area (Å²) in [5, 5.41) is 0. The molecule has 0 aromatic heterocycles. The first-order chi connectivity index (χ1) is 12.2. The number of halogens is 1. The quantitative estimate of drug-likeness (QED) is 0.512. The van der Waals surface area contributed by atoms with Crippen LogP contribution in [0, 0.1) is 11.8 Å². The van der Waals surface area contributed by atoms with E-state index >= 15 is 0 Å². The second-order valence-electron chi connectivity index (χ2n) is 7.56. The molecule has 0 N–H and O–H groups in total. The summed E-state index contributed by atoms with van der Waals surface area (Å²) in [6.45, 7) is 9.04. The van der Waals surface area contributed by atoms with Gasteiger partial charge in [0, 0.05) is 7.05 Å². The SMILES string of the molecule is CCCC(CCC)C1(C)C(=O)N(CC(=O)C(CC)C(F)CC)C(=O)N1C. The lowest BCUT2D eigenvalue weighted by molar-refractivity contribution is -0.138. The maximum absolute atomic E-state index is 14.1. The molecule has 26 heavy (non-hydrogen) atoms. The zero-order chi connectivity index (χ0) is 20.1. The minimum atomic E-state index is -1.24. The third-order valence-corrected chi connectivity index (χ3v) is 5.96. The van der Waals surface area contributed by atoms with Gasteiger partial charge in [-0.1, -0.05) is 40.5 Å². The molecule has 0 aliphatic carbocycles. The molecule has 3 unspecified atom stereocenters. The topological polar surface area (TPSA) is 57.7 Å². The van der Waals surface area contributed by atoms with Crippen molar-refractivity contribution in [3.63, 3.8) is 0 Å². The van der Waals surface area contributed by atoms with Crippen molar-refractivity contribution in [2.45, 2.75) is 84.9 Å². The van der Waals surface area contributed by atoms with E-state index in [4.69, 9.17) is 0 Å². The van der Waals surface area contributed by atoms with Gasteiger partial charge in [0.2, 0.25) is 0 Å². The Balaban J connectivity index is 3.07. The zero-order valence-electron chi connectivity index (χ0n) is 17.2. The first-order valence-corrected chi connectivity index (χ1v) is 9.96. The number of nitrogens with zero attached hydrogens (tertiary/aromatic N) is 2. The molecule has 1 fully saturated rings. The predicted molar refractivity (Wildman–Crippen MR) is 101 cm³/mol. The summed E-state index contributed by atoms with van der Waals surface area (Å²) in [5.74, 6) is -1.42. The molecule has 3 amide bonds. The van der Waals surface area contributed by atoms with Crippen molar-refractivity contribution in [2.24, 2.45) is 11.8 Å². The average Bonchev–Trinajstić information content (AvgIpc) is 2.78. The average molecular weight is 371 g/mol. The molecule has 150 valence electrons. The van der Waals surface area contributed by atoms with Crippen LogP contribution in [0.3, 0.4) is 0 Å². The minimum Gasteiger partial charge on any atom is -0.313 e. The maximum Gasteiger partial charge on any atom is 0.327 e. The van der Waals surface area contributed by atoms with Crippen LogP contribution in [0.25, 0.3) is 0 Å². The molecule has 0 radical (unpaired) electrons. The van der Waals surface area contributed by atoms with E-state index in [2.05, 4.69) is 13.8 Å². The van der Waals surface area contributed by atoms with Gasteiger partial charge in [0.05, 0.1) is 12.5 Å². The lowest BCUT2D eigenvalue weighted by Crippen LogP contribution is -2.51. The lowest BCUT2D eigenvalue weighted by atomic mass is 9.78. The van der Waals surface area contributed by atoms with Crippen LogP contribution in [0.15, 0.2) is 0 Å². The van der Waals surface area contributed by atoms with Gasteiger partial charge in [-0.3, -0.25) is 14.5 Å². The highest BCUT2D eigenvalue weighted by Gasteiger charge is 2.56. The Morgan fingerprint density at radius 1 is 1.08 bits per heavy atom. The standard InChI is InChI=1S/C20H35FN2O3/c1-7-11-14(12-8-2)20(5)18(25)23(19(26)22(20)6)13-17(24)15(9-3)16(21)10-4/h14-16H,7-13H2,1-6H3. The van der Waals surface area contributed by atoms with Crippen LogP contribution in [-0.4, -0.2) is 52.8 Å². The molecule has 0 spiro atoms. The molecule has 3 atom stereocenters. The number of hydrogen-bond acceptors (Lipinski definition) is 3. The van der Waals surface area contributed by atoms with Crippen LogP contribution in [0.1, 0.15) is 73.1 Å². The molecular formula is C20H35FN2O3. The van der Waals surface area contributed by atoms with Crippen LogP contribution < -0.4 is 0 Å². The summed E-state index contributed by atoms with van der Waals surface area (Å²) in [5.41, 5.74) is -0.940. The first-order valence-electron chi connectivity index (χ1n) is 9.96. The lowest BCUT2D eigenvalue weighted by Gasteiger charge is -2.36. The largest absolute Gasteiger partial charge is 0.327 e. The van der Waals surface area contributed by atoms with Crippen LogP contribution in [0.4, 0.5) is 9.18 Å². The third kappa shape index (κ3) is 4.09. The number of rotatable bonds is 11. The van der Waals surface area contributed by atoms with Crippen molar-refractivity contribution >= 4 is 17.7 Å². The Hall–Kier alpha value is -1.46. The number of carbonyl (C=O) groups excluding carboxylic acids is 3. The summed E-state index contributed by atoms with van der Waals surface area (Å²) in [6, 6.07) is -0.454. The normalized spacial score (nSPS) is 23.1. The highest BCUT2D eigenvalue weighted by Crippen LogP contribution is 2.38. The van der Waals surface area contributed by atoms with E-state index in [1.165, 1.54) is 4.90 Å². The van der Waals surface area contributed by atoms with Crippen molar-refractivity contribution < 1.29 is 18.8 Å². The fourth-order valence-electron chi connectivity index (χ4n) is 4.12. The highest BCUT2D eigenvalue weighted by molar-refractivity contribution is 6.09. The van der Waals surface area contributed by atoms with Crippen molar-refractivity contribution in [1.29, 1.82) is 0 Å². The number of Topliss-reactive ketones (excluding diaryl/α,β-unsaturated/α-hetero) is 1. The number of amides is 3. The predicted octanol–water partition coefficient (Wildman–Crippen LogP) is 4.20. The van der Waals surface area contributed by atoms with Gasteiger partial charge >= 0.3 is 6.03 Å². The maximum atomic E-state index is 14.1. The number of ketones is 1. The molecule has 0 aromatic carbocycles. The van der Waals surface area contributed by atoms with E-state index in [0.717, 1.165) is 30.6 Å². The fourth-order valence-corrected chi connectivity index (χ4v) is 4.12. The minimum absolute atomic E-state index is 0.0468. The number of imide groups is 1. The zero-order valence-corrected chi connectivity index (χ0v) is 17.2. The Morgan fingerprint density at radius 3 is 2.04 bits per heavy atom. The third-order valence-electron chi connectivity index (χ3n) is 5.96. The van der Waals surface area contributed by atoms with E-state index in [9.17, 15) is 18.8 Å². The second kappa shape index (κ2) is 9.47. The Kier molecular flexibility index (Phi) is 8.22. The van der Waals surface area contributed by atoms with Crippen LogP contribution in [0.5, 0.6) is 0 Å². The van der Waals surface area contributed by atoms with Gasteiger partial charge in [0.25, 0.3) is 5.91 Å². The molecule has 1 saturated heterocycles. The van der Waals surface area contributed by atoms with E-state index in [1.807, 2.05) is 0 Å². The number of urea groups is 1. The molecular weight excluding hydrogens is 335 g/mol. The molecule has 6 heteroatoms. The van der Waals surface area contributed by atoms with Gasteiger partial charge in [0.1, 0.15) is 11.7 Å². The molecule has 1 aliphatic heterocycles. The summed E-state index contributed by atoms with van der Waals surface area (Å²) in [7, 11) is 1.63. The smallest absolute Gasteiger partial charge is 0.313 e. The molecule has 0 bridgehead atoms. The van der Waals surface area contributed by atoms with Crippen molar-refractivity contribution in [2.75, 3.05) is 13.6 Å². The van der Waals surface area contributed by atoms with Gasteiger partial charge in [0.15, 0.2) is 5.78 Å². The van der Waals surface area contributed by atoms with Crippen LogP contribution >= 0.6 is 0 Å². The summed E-state index contributed by atoms with van der Waals surface area (Å²) in [4.78, 5) is 40.9. The molecule has 1 aliphatic rings. The second-order valence-corrected chi connectivity index (χ2v) is 7.56. The van der Waals surface area contributed by atoms with Gasteiger partial charge < -0.3 is 4.90 Å². The van der Waals surface area contributed by atoms with E-state index in [-0.39, 0.29) is 30.6 Å². The number of hydrogen-bond donors (Lipinski definition) is 0. The number of carbonyl (C=O) groups is 3. The van der Waals surface area contributed by atoms with Gasteiger partial charge in [-0.2, -0.15) is 0 Å². The monoisotopic (exact) mass is 370 g/mol. The summed E-state index contributed by atoms with van der Waals surface area (Å²) in [6.07, 6.45) is 2.91. The van der Waals surface area contributed by atoms with Crippen LogP contribution in [-0.2, 0) is 9.59 Å². The Morgan fingerprint density at radius 2 is 1.62 bits per heavy atom. The van der Waals surface area contributed by atoms with E-state index < -0.39 is 23.7 Å². The molecule has 1 heterocycles. The molecule has 5 nitrogen and oxygen atoms in total. The highest BCUT2D eigenvalue weighted by atomic mass is 19.1. The Bertz CT molecular complexity index is 519. The fraction of sp³-hybridized carbons (Fsp3) is 0.850. The number of likely N-dealkylation sites (N-methyl/N-ethyl adjacent to an activating group) is 1. The number of alkyl halides is 1. The van der Waals surface area contributed by atoms with Crippen molar-refractivity contribution in [3.05, 3.63) is 0 Å². The van der Waals surface area contributed by atoms with E-state index in [1.54, 1.807) is 27.8 Å². The van der Waals surface area contributed by atoms with E-state index in [0.29, 0.717) is 6.42 Å². The molecule has 0 saturated carbocycles. The van der Waals surface area contributed by atoms with Crippen LogP contribution in [0.2, 0.25) is 0 Å². The molecule has 0 aromatic rings. The van der Waals surface area contributed by atoms with Gasteiger partial charge in [-0.05, 0) is 38.5 Å². The molecule has 1 rings (SSSR count). The summed E-state index contributed by atoms with van der Waals surface area (Å²) < 4.78 is 14.1. The van der Waals surface area contributed by atoms with Crippen molar-refractivity contribution in [3.8, 4) is 0 Å². The van der Waals surface area contributed by atoms with Gasteiger partial charge in [-0.15, -0.1) is 0 Å². The van der Waals surface area contributed by atoms with Gasteiger partial charge in [-0.25, -0.2) is 9.18 Å². The Labute approximate surface area is 157 Å². The summed E-state index contributed by atoms with van der Waals surface area (Å²) >= 11 is 0. The van der Waals surface area contributed by atoms with Crippen molar-refractivity contribution in [1.82, 2.24) is 9.80 Å². The first kappa shape index (κ1) is 22.6.